The molecule has 0 N–H and O–H groups in total. The zero-order chi connectivity index (χ0) is 10.6. The first-order valence-electron chi connectivity index (χ1n) is 3.59. The van der Waals surface area contributed by atoms with E-state index in [0.717, 1.165) is 0 Å². The summed E-state index contributed by atoms with van der Waals surface area (Å²) < 4.78 is 3.91. The molecule has 0 fully saturated rings. The standard InChI is InChI=1S/C9H5Cl3O2/c10-7-3-1-6(8(11)5-7)2-4-9(13)14-12/h1-5H/b4-2+. The minimum Gasteiger partial charge on any atom is -0.344 e. The Hall–Kier alpha value is -0.700. The number of halogens is 3. The highest BCUT2D eigenvalue weighted by Crippen LogP contribution is 2.21. The lowest BCUT2D eigenvalue weighted by Gasteiger charge is -1.97. The Kier molecular flexibility index (Phi) is 4.26. The summed E-state index contributed by atoms with van der Waals surface area (Å²) in [6, 6.07) is 4.93. The van der Waals surface area contributed by atoms with Gasteiger partial charge in [0.15, 0.2) is 0 Å². The fraction of sp³-hybridized carbons (Fsp3) is 0. The molecule has 2 nitrogen and oxygen atoms in total. The second-order valence-electron chi connectivity index (χ2n) is 2.40. The third-order valence-corrected chi connectivity index (χ3v) is 2.15. The van der Waals surface area contributed by atoms with E-state index >= 15 is 0 Å². The van der Waals surface area contributed by atoms with Gasteiger partial charge < -0.3 is 4.29 Å². The Bertz CT molecular complexity index is 374. The SMILES string of the molecule is O=C(/C=C/c1ccc(Cl)cc1Cl)OCl. The van der Waals surface area contributed by atoms with Crippen molar-refractivity contribution in [2.24, 2.45) is 0 Å². The number of rotatable bonds is 2. The van der Waals surface area contributed by atoms with Crippen molar-refractivity contribution in [1.82, 2.24) is 0 Å². The van der Waals surface area contributed by atoms with Crippen LogP contribution in [0.4, 0.5) is 0 Å². The molecule has 0 aliphatic rings. The monoisotopic (exact) mass is 250 g/mol. The Labute approximate surface area is 96.2 Å². The van der Waals surface area contributed by atoms with Crippen molar-refractivity contribution in [2.75, 3.05) is 0 Å². The van der Waals surface area contributed by atoms with Crippen molar-refractivity contribution >= 4 is 47.1 Å². The normalized spacial score (nSPS) is 10.5. The molecule has 0 radical (unpaired) electrons. The Balaban J connectivity index is 2.87. The molecular weight excluding hydrogens is 246 g/mol. The van der Waals surface area contributed by atoms with Crippen LogP contribution in [-0.4, -0.2) is 5.97 Å². The zero-order valence-corrected chi connectivity index (χ0v) is 9.10. The van der Waals surface area contributed by atoms with E-state index in [1.54, 1.807) is 18.2 Å². The lowest BCUT2D eigenvalue weighted by Crippen LogP contribution is -1.88. The van der Waals surface area contributed by atoms with Gasteiger partial charge in [-0.05, 0) is 23.8 Å². The summed E-state index contributed by atoms with van der Waals surface area (Å²) in [7, 11) is 0. The molecule has 0 atom stereocenters. The topological polar surface area (TPSA) is 26.3 Å². The average molecular weight is 251 g/mol. The lowest BCUT2D eigenvalue weighted by atomic mass is 10.2. The summed E-state index contributed by atoms with van der Waals surface area (Å²) >= 11 is 16.3. The fourth-order valence-electron chi connectivity index (χ4n) is 0.820. The summed E-state index contributed by atoms with van der Waals surface area (Å²) in [5.74, 6) is -0.655. The second-order valence-corrected chi connectivity index (χ2v) is 3.39. The first kappa shape index (κ1) is 11.4. The quantitative estimate of drug-likeness (QED) is 0.749. The molecule has 5 heteroatoms. The minimum absolute atomic E-state index is 0.455. The molecule has 0 amide bonds. The van der Waals surface area contributed by atoms with Crippen LogP contribution in [0, 0.1) is 0 Å². The van der Waals surface area contributed by atoms with Crippen molar-refractivity contribution in [3.63, 3.8) is 0 Å². The number of hydrogen-bond donors (Lipinski definition) is 0. The van der Waals surface area contributed by atoms with Crippen LogP contribution in [0.5, 0.6) is 0 Å². The van der Waals surface area contributed by atoms with Gasteiger partial charge in [0.2, 0.25) is 0 Å². The molecule has 0 heterocycles. The van der Waals surface area contributed by atoms with Gasteiger partial charge in [-0.1, -0.05) is 29.3 Å². The Morgan fingerprint density at radius 3 is 2.64 bits per heavy atom. The van der Waals surface area contributed by atoms with Crippen LogP contribution in [0.25, 0.3) is 6.08 Å². The molecule has 1 aromatic rings. The fourth-order valence-corrected chi connectivity index (χ4v) is 1.34. The van der Waals surface area contributed by atoms with Gasteiger partial charge in [0.05, 0.1) is 0 Å². The highest BCUT2D eigenvalue weighted by atomic mass is 35.5. The van der Waals surface area contributed by atoms with Gasteiger partial charge in [-0.15, -0.1) is 0 Å². The number of hydrogen-bond acceptors (Lipinski definition) is 2. The third-order valence-electron chi connectivity index (χ3n) is 1.44. The van der Waals surface area contributed by atoms with Crippen LogP contribution < -0.4 is 0 Å². The maximum absolute atomic E-state index is 10.7. The molecule has 0 spiro atoms. The summed E-state index contributed by atoms with van der Waals surface area (Å²) in [6.45, 7) is 0. The summed E-state index contributed by atoms with van der Waals surface area (Å²) in [5.41, 5.74) is 0.665. The third kappa shape index (κ3) is 3.22. The molecule has 0 saturated carbocycles. The van der Waals surface area contributed by atoms with Gasteiger partial charge in [0.1, 0.15) is 11.9 Å². The van der Waals surface area contributed by atoms with E-state index in [1.165, 1.54) is 12.2 Å². The predicted molar refractivity (Wildman–Crippen MR) is 57.4 cm³/mol. The van der Waals surface area contributed by atoms with Gasteiger partial charge in [-0.2, -0.15) is 0 Å². The van der Waals surface area contributed by atoms with Gasteiger partial charge in [-0.25, -0.2) is 4.79 Å². The van der Waals surface area contributed by atoms with E-state index in [1.807, 2.05) is 0 Å². The van der Waals surface area contributed by atoms with Crippen LogP contribution in [0.1, 0.15) is 5.56 Å². The predicted octanol–water partition coefficient (Wildman–Crippen LogP) is 3.70. The Morgan fingerprint density at radius 2 is 2.07 bits per heavy atom. The molecule has 0 aliphatic carbocycles. The molecule has 1 rings (SSSR count). The summed E-state index contributed by atoms with van der Waals surface area (Å²) in [6.07, 6.45) is 2.66. The van der Waals surface area contributed by atoms with Crippen LogP contribution in [0.3, 0.4) is 0 Å². The highest BCUT2D eigenvalue weighted by Gasteiger charge is 1.99. The van der Waals surface area contributed by atoms with E-state index in [4.69, 9.17) is 35.1 Å². The minimum atomic E-state index is -0.655. The van der Waals surface area contributed by atoms with Crippen LogP contribution in [-0.2, 0) is 9.08 Å². The van der Waals surface area contributed by atoms with Crippen LogP contribution in [0.15, 0.2) is 24.3 Å². The van der Waals surface area contributed by atoms with Crippen molar-refractivity contribution in [3.8, 4) is 0 Å². The summed E-state index contributed by atoms with van der Waals surface area (Å²) in [4.78, 5) is 10.7. The molecule has 0 aromatic heterocycles. The maximum Gasteiger partial charge on any atom is 0.349 e. The van der Waals surface area contributed by atoms with Crippen molar-refractivity contribution in [2.45, 2.75) is 0 Å². The van der Waals surface area contributed by atoms with Gasteiger partial charge in [-0.3, -0.25) is 0 Å². The van der Waals surface area contributed by atoms with E-state index in [0.29, 0.717) is 15.6 Å². The zero-order valence-electron chi connectivity index (χ0n) is 6.84. The lowest BCUT2D eigenvalue weighted by molar-refractivity contribution is -0.128. The molecular formula is C9H5Cl3O2. The molecule has 0 bridgehead atoms. The van der Waals surface area contributed by atoms with Gasteiger partial charge in [0.25, 0.3) is 0 Å². The Morgan fingerprint density at radius 1 is 1.36 bits per heavy atom. The first-order valence-corrected chi connectivity index (χ1v) is 4.65. The van der Waals surface area contributed by atoms with Crippen LogP contribution >= 0.6 is 35.1 Å². The van der Waals surface area contributed by atoms with E-state index < -0.39 is 5.97 Å². The molecule has 74 valence electrons. The van der Waals surface area contributed by atoms with Crippen molar-refractivity contribution in [1.29, 1.82) is 0 Å². The average Bonchev–Trinajstić information content (AvgIpc) is 2.16. The molecule has 14 heavy (non-hydrogen) atoms. The number of carbonyl (C=O) groups is 1. The highest BCUT2D eigenvalue weighted by molar-refractivity contribution is 6.35. The van der Waals surface area contributed by atoms with Crippen molar-refractivity contribution < 1.29 is 9.08 Å². The second kappa shape index (κ2) is 5.25. The molecule has 0 saturated heterocycles. The van der Waals surface area contributed by atoms with Gasteiger partial charge >= 0.3 is 5.97 Å². The smallest absolute Gasteiger partial charge is 0.344 e. The molecule has 1 aromatic carbocycles. The van der Waals surface area contributed by atoms with E-state index in [-0.39, 0.29) is 0 Å². The number of benzene rings is 1. The van der Waals surface area contributed by atoms with E-state index in [9.17, 15) is 4.79 Å². The van der Waals surface area contributed by atoms with E-state index in [2.05, 4.69) is 4.29 Å². The van der Waals surface area contributed by atoms with Crippen molar-refractivity contribution in [3.05, 3.63) is 39.9 Å². The number of carbonyl (C=O) groups excluding carboxylic acids is 1. The first-order chi connectivity index (χ1) is 6.63. The largest absolute Gasteiger partial charge is 0.349 e. The van der Waals surface area contributed by atoms with Gasteiger partial charge in [0, 0.05) is 16.1 Å². The molecule has 0 aliphatic heterocycles. The molecule has 0 unspecified atom stereocenters. The summed E-state index contributed by atoms with van der Waals surface area (Å²) in [5, 5.41) is 0.989. The maximum atomic E-state index is 10.7. The van der Waals surface area contributed by atoms with Crippen LogP contribution in [0.2, 0.25) is 10.0 Å².